The first-order valence-electron chi connectivity index (χ1n) is 9.47. The molecule has 0 spiro atoms. The van der Waals surface area contributed by atoms with E-state index in [-0.39, 0.29) is 24.7 Å². The molecule has 1 heterocycles. The van der Waals surface area contributed by atoms with Gasteiger partial charge < -0.3 is 20.9 Å². The summed E-state index contributed by atoms with van der Waals surface area (Å²) in [6.45, 7) is 0. The first kappa shape index (κ1) is 22.1. The Labute approximate surface area is 185 Å². The van der Waals surface area contributed by atoms with Crippen LogP contribution in [0.25, 0.3) is 11.6 Å². The van der Waals surface area contributed by atoms with E-state index in [1.54, 1.807) is 24.3 Å². The highest BCUT2D eigenvalue weighted by Gasteiger charge is 2.23. The molecular formula is C24H21ClN2O4. The lowest BCUT2D eigenvalue weighted by Crippen LogP contribution is -2.32. The summed E-state index contributed by atoms with van der Waals surface area (Å²) in [5.41, 5.74) is 9.62. The molecule has 0 aliphatic carbocycles. The quantitative estimate of drug-likeness (QED) is 0.499. The number of carbonyl (C=O) groups excluding carboxylic acids is 1. The summed E-state index contributed by atoms with van der Waals surface area (Å²) in [6, 6.07) is 21.3. The second kappa shape index (κ2) is 9.47. The summed E-state index contributed by atoms with van der Waals surface area (Å²) >= 11 is 0. The van der Waals surface area contributed by atoms with Gasteiger partial charge in [-0.1, -0.05) is 42.5 Å². The lowest BCUT2D eigenvalue weighted by atomic mass is 10.0. The third-order valence-electron chi connectivity index (χ3n) is 4.83. The van der Waals surface area contributed by atoms with Gasteiger partial charge in [0, 0.05) is 16.8 Å². The predicted octanol–water partition coefficient (Wildman–Crippen LogP) is 4.35. The Morgan fingerprint density at radius 1 is 1.00 bits per heavy atom. The Kier molecular flexibility index (Phi) is 6.74. The van der Waals surface area contributed by atoms with E-state index in [1.807, 2.05) is 54.6 Å². The van der Waals surface area contributed by atoms with Gasteiger partial charge in [-0.3, -0.25) is 9.59 Å². The normalized spacial score (nSPS) is 14.4. The average Bonchev–Trinajstić information content (AvgIpc) is 3.06. The van der Waals surface area contributed by atoms with Gasteiger partial charge in [0.1, 0.15) is 17.5 Å². The van der Waals surface area contributed by atoms with Gasteiger partial charge in [0.2, 0.25) is 0 Å². The molecule has 6 nitrogen and oxygen atoms in total. The van der Waals surface area contributed by atoms with Gasteiger partial charge in [-0.15, -0.1) is 12.4 Å². The fraction of sp³-hybridized carbons (Fsp3) is 0.0833. The molecule has 31 heavy (non-hydrogen) atoms. The Balaban J connectivity index is 0.00000272. The molecule has 0 saturated heterocycles. The minimum atomic E-state index is -1.02. The zero-order chi connectivity index (χ0) is 21.1. The summed E-state index contributed by atoms with van der Waals surface area (Å²) in [7, 11) is 0. The molecule has 7 heteroatoms. The monoisotopic (exact) mass is 436 g/mol. The minimum absolute atomic E-state index is 0. The van der Waals surface area contributed by atoms with E-state index in [4.69, 9.17) is 15.6 Å². The second-order valence-corrected chi connectivity index (χ2v) is 7.02. The van der Waals surface area contributed by atoms with Crippen molar-refractivity contribution in [2.75, 3.05) is 5.32 Å². The van der Waals surface area contributed by atoms with Crippen molar-refractivity contribution in [1.82, 2.24) is 0 Å². The number of halogens is 1. The van der Waals surface area contributed by atoms with Crippen LogP contribution in [0.5, 0.6) is 11.5 Å². The van der Waals surface area contributed by atoms with Gasteiger partial charge in [-0.05, 0) is 54.0 Å². The fourth-order valence-electron chi connectivity index (χ4n) is 3.25. The second-order valence-electron chi connectivity index (χ2n) is 7.02. The summed E-state index contributed by atoms with van der Waals surface area (Å²) in [6.07, 6.45) is 2.11. The minimum Gasteiger partial charge on any atom is -0.480 e. The van der Waals surface area contributed by atoms with E-state index in [0.29, 0.717) is 17.1 Å². The molecule has 3 aromatic carbocycles. The van der Waals surface area contributed by atoms with Crippen LogP contribution in [0.2, 0.25) is 0 Å². The van der Waals surface area contributed by atoms with E-state index < -0.39 is 12.0 Å². The zero-order valence-electron chi connectivity index (χ0n) is 16.4. The summed E-state index contributed by atoms with van der Waals surface area (Å²) in [5, 5.41) is 11.8. The maximum atomic E-state index is 12.2. The van der Waals surface area contributed by atoms with Crippen LogP contribution < -0.4 is 15.8 Å². The number of amides is 1. The number of hydrogen-bond acceptors (Lipinski definition) is 4. The number of aliphatic carboxylic acids is 1. The first-order chi connectivity index (χ1) is 14.5. The molecule has 1 unspecified atom stereocenters. The van der Waals surface area contributed by atoms with Crippen LogP contribution in [0.4, 0.5) is 5.69 Å². The van der Waals surface area contributed by atoms with Crippen LogP contribution in [0.3, 0.4) is 0 Å². The largest absolute Gasteiger partial charge is 0.480 e. The highest BCUT2D eigenvalue weighted by Crippen LogP contribution is 2.33. The fourth-order valence-corrected chi connectivity index (χ4v) is 3.25. The van der Waals surface area contributed by atoms with Gasteiger partial charge in [0.25, 0.3) is 5.91 Å². The van der Waals surface area contributed by atoms with Crippen molar-refractivity contribution in [3.8, 4) is 11.5 Å². The molecule has 1 amide bonds. The van der Waals surface area contributed by atoms with Crippen molar-refractivity contribution >= 4 is 41.6 Å². The number of carbonyl (C=O) groups is 2. The van der Waals surface area contributed by atoms with Crippen molar-refractivity contribution in [2.45, 2.75) is 12.5 Å². The zero-order valence-corrected chi connectivity index (χ0v) is 17.3. The number of nitrogens with one attached hydrogen (secondary N) is 1. The van der Waals surface area contributed by atoms with Crippen molar-refractivity contribution in [1.29, 1.82) is 0 Å². The van der Waals surface area contributed by atoms with Gasteiger partial charge in [0.15, 0.2) is 0 Å². The lowest BCUT2D eigenvalue weighted by Gasteiger charge is -2.09. The molecule has 0 radical (unpaired) electrons. The van der Waals surface area contributed by atoms with E-state index in [2.05, 4.69) is 5.32 Å². The molecule has 0 bridgehead atoms. The number of fused-ring (bicyclic) bond motifs is 1. The van der Waals surface area contributed by atoms with E-state index >= 15 is 0 Å². The number of anilines is 1. The summed E-state index contributed by atoms with van der Waals surface area (Å²) < 4.78 is 5.84. The highest BCUT2D eigenvalue weighted by molar-refractivity contribution is 6.34. The number of carboxylic acid groups (broad SMARTS) is 1. The van der Waals surface area contributed by atoms with Gasteiger partial charge >= 0.3 is 5.97 Å². The molecule has 1 aliphatic rings. The number of para-hydroxylation sites is 1. The standard InChI is InChI=1S/C24H20N2O4.ClH/c25-21(24(28)29)14-16-7-11-18(12-8-16)30-17-9-5-15(6-10-17)13-20-19-3-1-2-4-22(19)26-23(20)27;/h1-13,21H,14,25H2,(H,26,27)(H,28,29);1H. The maximum absolute atomic E-state index is 12.2. The molecule has 0 fully saturated rings. The van der Waals surface area contributed by atoms with Gasteiger partial charge in [0.05, 0.1) is 0 Å². The molecule has 0 saturated carbocycles. The van der Waals surface area contributed by atoms with E-state index in [9.17, 15) is 9.59 Å². The maximum Gasteiger partial charge on any atom is 0.320 e. The van der Waals surface area contributed by atoms with Crippen molar-refractivity contribution in [3.05, 3.63) is 89.5 Å². The third kappa shape index (κ3) is 5.12. The van der Waals surface area contributed by atoms with E-state index in [0.717, 1.165) is 22.4 Å². The van der Waals surface area contributed by atoms with Crippen LogP contribution in [0.1, 0.15) is 16.7 Å². The SMILES string of the molecule is Cl.NC(Cc1ccc(Oc2ccc(C=C3C(=O)Nc4ccccc43)cc2)cc1)C(=O)O. The van der Waals surface area contributed by atoms with Crippen molar-refractivity contribution in [3.63, 3.8) is 0 Å². The van der Waals surface area contributed by atoms with Crippen LogP contribution in [0.15, 0.2) is 72.8 Å². The Hall–Kier alpha value is -3.61. The first-order valence-corrected chi connectivity index (χ1v) is 9.47. The number of nitrogens with two attached hydrogens (primary N) is 1. The Bertz CT molecular complexity index is 1130. The molecule has 4 N–H and O–H groups in total. The highest BCUT2D eigenvalue weighted by atomic mass is 35.5. The van der Waals surface area contributed by atoms with Gasteiger partial charge in [-0.25, -0.2) is 0 Å². The smallest absolute Gasteiger partial charge is 0.320 e. The third-order valence-corrected chi connectivity index (χ3v) is 4.83. The summed E-state index contributed by atoms with van der Waals surface area (Å²) in [4.78, 5) is 23.1. The van der Waals surface area contributed by atoms with Crippen LogP contribution in [-0.4, -0.2) is 23.0 Å². The van der Waals surface area contributed by atoms with Crippen molar-refractivity contribution in [2.24, 2.45) is 5.73 Å². The Morgan fingerprint density at radius 2 is 1.61 bits per heavy atom. The topological polar surface area (TPSA) is 102 Å². The predicted molar refractivity (Wildman–Crippen MR) is 122 cm³/mol. The Morgan fingerprint density at radius 3 is 2.26 bits per heavy atom. The molecule has 1 aliphatic heterocycles. The molecule has 4 rings (SSSR count). The number of benzene rings is 3. The lowest BCUT2D eigenvalue weighted by molar-refractivity contribution is -0.138. The number of ether oxygens (including phenoxy) is 1. The molecule has 3 aromatic rings. The van der Waals surface area contributed by atoms with Crippen LogP contribution >= 0.6 is 12.4 Å². The average molecular weight is 437 g/mol. The van der Waals surface area contributed by atoms with Crippen molar-refractivity contribution < 1.29 is 19.4 Å². The number of rotatable bonds is 6. The molecule has 0 aromatic heterocycles. The summed E-state index contributed by atoms with van der Waals surface area (Å²) in [5.74, 6) is 0.157. The molecule has 158 valence electrons. The number of hydrogen-bond donors (Lipinski definition) is 3. The number of carboxylic acids is 1. The van der Waals surface area contributed by atoms with Crippen LogP contribution in [-0.2, 0) is 16.0 Å². The van der Waals surface area contributed by atoms with E-state index in [1.165, 1.54) is 0 Å². The molecular weight excluding hydrogens is 416 g/mol. The van der Waals surface area contributed by atoms with Gasteiger partial charge in [-0.2, -0.15) is 0 Å². The van der Waals surface area contributed by atoms with Crippen LogP contribution in [0, 0.1) is 0 Å². The molecule has 1 atom stereocenters.